The van der Waals surface area contributed by atoms with Crippen molar-refractivity contribution < 1.29 is 0 Å². The number of aromatic nitrogens is 3. The van der Waals surface area contributed by atoms with Crippen LogP contribution in [0.5, 0.6) is 0 Å². The molecule has 0 spiro atoms. The smallest absolute Gasteiger partial charge is 0.158 e. The zero-order chi connectivity index (χ0) is 14.3. The topological polar surface area (TPSA) is 56.7 Å². The van der Waals surface area contributed by atoms with Gasteiger partial charge in [0.05, 0.1) is 21.9 Å². The Morgan fingerprint density at radius 1 is 1.25 bits per heavy atom. The Morgan fingerprint density at radius 2 is 2.00 bits per heavy atom. The number of halogens is 1. The highest BCUT2D eigenvalue weighted by Crippen LogP contribution is 2.25. The molecule has 0 atom stereocenters. The second-order valence-electron chi connectivity index (χ2n) is 4.76. The number of pyridine rings is 1. The second-order valence-corrected chi connectivity index (χ2v) is 5.14. The molecule has 0 saturated heterocycles. The van der Waals surface area contributed by atoms with Crippen LogP contribution >= 0.6 is 11.6 Å². The van der Waals surface area contributed by atoms with E-state index in [0.29, 0.717) is 11.6 Å². The van der Waals surface area contributed by atoms with Crippen molar-refractivity contribution in [2.75, 3.05) is 0 Å². The van der Waals surface area contributed by atoms with Gasteiger partial charge in [-0.05, 0) is 26.0 Å². The first-order chi connectivity index (χ1) is 9.61. The van der Waals surface area contributed by atoms with Crippen LogP contribution in [-0.2, 0) is 6.54 Å². The van der Waals surface area contributed by atoms with Crippen molar-refractivity contribution in [3.05, 3.63) is 52.3 Å². The Kier molecular flexibility index (Phi) is 3.20. The number of nitrogens with zero attached hydrogens (tertiary/aromatic N) is 3. The Bertz CT molecular complexity index is 792. The van der Waals surface area contributed by atoms with Gasteiger partial charge < -0.3 is 5.73 Å². The lowest BCUT2D eigenvalue weighted by Crippen LogP contribution is -2.09. The fraction of sp³-hybridized carbons (Fsp3) is 0.200. The first kappa shape index (κ1) is 13.1. The maximum atomic E-state index is 6.22. The molecule has 1 aromatic carbocycles. The summed E-state index contributed by atoms with van der Waals surface area (Å²) in [6.07, 6.45) is 0. The van der Waals surface area contributed by atoms with E-state index in [2.05, 4.69) is 11.2 Å². The van der Waals surface area contributed by atoms with Crippen molar-refractivity contribution in [1.82, 2.24) is 14.8 Å². The average molecular weight is 287 g/mol. The molecule has 0 unspecified atom stereocenters. The average Bonchev–Trinajstić information content (AvgIpc) is 2.73. The Labute approximate surface area is 122 Å². The number of rotatable bonds is 2. The van der Waals surface area contributed by atoms with Gasteiger partial charge in [0.1, 0.15) is 0 Å². The third kappa shape index (κ3) is 1.97. The molecule has 5 heteroatoms. The van der Waals surface area contributed by atoms with E-state index in [0.717, 1.165) is 33.7 Å². The van der Waals surface area contributed by atoms with Crippen LogP contribution in [0.15, 0.2) is 30.3 Å². The van der Waals surface area contributed by atoms with Crippen LogP contribution < -0.4 is 5.73 Å². The fourth-order valence-corrected chi connectivity index (χ4v) is 2.43. The number of para-hydroxylation sites is 1. The minimum atomic E-state index is 0.406. The number of hydrogen-bond acceptors (Lipinski definition) is 3. The first-order valence-electron chi connectivity index (χ1n) is 6.42. The summed E-state index contributed by atoms with van der Waals surface area (Å²) < 4.78 is 1.77. The number of hydrogen-bond donors (Lipinski definition) is 1. The summed E-state index contributed by atoms with van der Waals surface area (Å²) in [5.74, 6) is 0.749. The van der Waals surface area contributed by atoms with Gasteiger partial charge in [-0.15, -0.1) is 0 Å². The van der Waals surface area contributed by atoms with Gasteiger partial charge in [0.25, 0.3) is 0 Å². The lowest BCUT2D eigenvalue weighted by Gasteiger charge is -2.10. The van der Waals surface area contributed by atoms with Crippen molar-refractivity contribution >= 4 is 22.5 Å². The molecular formula is C15H15ClN4. The van der Waals surface area contributed by atoms with E-state index < -0.39 is 0 Å². The molecule has 0 amide bonds. The van der Waals surface area contributed by atoms with E-state index in [1.54, 1.807) is 4.68 Å². The highest BCUT2D eigenvalue weighted by atomic mass is 35.5. The number of fused-ring (bicyclic) bond motifs is 1. The molecule has 2 heterocycles. The van der Waals surface area contributed by atoms with Crippen LogP contribution in [0.25, 0.3) is 16.7 Å². The summed E-state index contributed by atoms with van der Waals surface area (Å²) in [5, 5.41) is 6.20. The Hall–Kier alpha value is -1.91. The summed E-state index contributed by atoms with van der Waals surface area (Å²) >= 11 is 6.22. The second kappa shape index (κ2) is 4.89. The molecule has 102 valence electrons. The summed E-state index contributed by atoms with van der Waals surface area (Å²) in [4.78, 5) is 4.69. The minimum Gasteiger partial charge on any atom is -0.326 e. The third-order valence-corrected chi connectivity index (χ3v) is 3.95. The monoisotopic (exact) mass is 286 g/mol. The standard InChI is InChI=1S/C15H15ClN4/c1-9-14(16)10(2)20(19-9)15-12(8-17)7-11-5-3-4-6-13(11)18-15/h3-7H,8,17H2,1-2H3. The molecule has 3 aromatic rings. The van der Waals surface area contributed by atoms with E-state index in [1.807, 2.05) is 38.1 Å². The maximum absolute atomic E-state index is 6.22. The molecule has 0 saturated carbocycles. The van der Waals surface area contributed by atoms with Crippen LogP contribution in [0.4, 0.5) is 0 Å². The zero-order valence-corrected chi connectivity index (χ0v) is 12.1. The van der Waals surface area contributed by atoms with Crippen molar-refractivity contribution in [2.24, 2.45) is 5.73 Å². The van der Waals surface area contributed by atoms with E-state index >= 15 is 0 Å². The molecule has 0 aliphatic heterocycles. The van der Waals surface area contributed by atoms with Gasteiger partial charge in [-0.25, -0.2) is 9.67 Å². The van der Waals surface area contributed by atoms with Gasteiger partial charge in [-0.1, -0.05) is 29.8 Å². The fourth-order valence-electron chi connectivity index (χ4n) is 2.31. The molecule has 0 aliphatic rings. The van der Waals surface area contributed by atoms with Gasteiger partial charge in [-0.2, -0.15) is 5.10 Å². The lowest BCUT2D eigenvalue weighted by atomic mass is 10.1. The Morgan fingerprint density at radius 3 is 2.65 bits per heavy atom. The van der Waals surface area contributed by atoms with Crippen LogP contribution in [0.2, 0.25) is 5.02 Å². The predicted octanol–water partition coefficient (Wildman–Crippen LogP) is 3.15. The predicted molar refractivity (Wildman–Crippen MR) is 81.2 cm³/mol. The molecule has 0 aliphatic carbocycles. The van der Waals surface area contributed by atoms with E-state index in [4.69, 9.17) is 22.3 Å². The summed E-state index contributed by atoms with van der Waals surface area (Å²) in [6, 6.07) is 10.0. The summed E-state index contributed by atoms with van der Waals surface area (Å²) in [5.41, 5.74) is 9.40. The maximum Gasteiger partial charge on any atom is 0.158 e. The van der Waals surface area contributed by atoms with E-state index in [-0.39, 0.29) is 0 Å². The summed E-state index contributed by atoms with van der Waals surface area (Å²) in [7, 11) is 0. The van der Waals surface area contributed by atoms with Crippen LogP contribution in [0.1, 0.15) is 17.0 Å². The number of aryl methyl sites for hydroxylation is 1. The van der Waals surface area contributed by atoms with Gasteiger partial charge in [-0.3, -0.25) is 0 Å². The van der Waals surface area contributed by atoms with Crippen molar-refractivity contribution in [2.45, 2.75) is 20.4 Å². The highest BCUT2D eigenvalue weighted by Gasteiger charge is 2.15. The van der Waals surface area contributed by atoms with Crippen molar-refractivity contribution in [1.29, 1.82) is 0 Å². The van der Waals surface area contributed by atoms with E-state index in [9.17, 15) is 0 Å². The third-order valence-electron chi connectivity index (χ3n) is 3.40. The van der Waals surface area contributed by atoms with Gasteiger partial charge in [0.15, 0.2) is 5.82 Å². The summed E-state index contributed by atoms with van der Waals surface area (Å²) in [6.45, 7) is 4.22. The minimum absolute atomic E-state index is 0.406. The molecule has 20 heavy (non-hydrogen) atoms. The van der Waals surface area contributed by atoms with Crippen molar-refractivity contribution in [3.63, 3.8) is 0 Å². The molecule has 0 fully saturated rings. The SMILES string of the molecule is Cc1nn(-c2nc3ccccc3cc2CN)c(C)c1Cl. The molecule has 2 N–H and O–H groups in total. The molecule has 4 nitrogen and oxygen atoms in total. The van der Waals surface area contributed by atoms with Crippen LogP contribution in [-0.4, -0.2) is 14.8 Å². The normalized spacial score (nSPS) is 11.2. The highest BCUT2D eigenvalue weighted by molar-refractivity contribution is 6.31. The number of nitrogens with two attached hydrogens (primary N) is 1. The molecule has 2 aromatic heterocycles. The largest absolute Gasteiger partial charge is 0.326 e. The van der Waals surface area contributed by atoms with Crippen molar-refractivity contribution in [3.8, 4) is 5.82 Å². The zero-order valence-electron chi connectivity index (χ0n) is 11.4. The van der Waals surface area contributed by atoms with Gasteiger partial charge >= 0.3 is 0 Å². The lowest BCUT2D eigenvalue weighted by molar-refractivity contribution is 0.794. The van der Waals surface area contributed by atoms with Gasteiger partial charge in [0.2, 0.25) is 0 Å². The number of benzene rings is 1. The first-order valence-corrected chi connectivity index (χ1v) is 6.80. The molecule has 0 bridgehead atoms. The van der Waals surface area contributed by atoms with Gasteiger partial charge in [0, 0.05) is 17.5 Å². The quantitative estimate of drug-likeness (QED) is 0.787. The molecule has 0 radical (unpaired) electrons. The molecule has 3 rings (SSSR count). The van der Waals surface area contributed by atoms with Crippen LogP contribution in [0, 0.1) is 13.8 Å². The molecular weight excluding hydrogens is 272 g/mol. The van der Waals surface area contributed by atoms with Crippen LogP contribution in [0.3, 0.4) is 0 Å². The Balaban J connectivity index is 2.31. The van der Waals surface area contributed by atoms with E-state index in [1.165, 1.54) is 0 Å².